The second-order valence-electron chi connectivity index (χ2n) is 3.70. The normalized spacial score (nSPS) is 33.9. The largest absolute Gasteiger partial charge is 0.381 e. The Balaban J connectivity index is 2.39. The minimum absolute atomic E-state index is 0.290. The average molecular weight is 198 g/mol. The van der Waals surface area contributed by atoms with Gasteiger partial charge in [0.1, 0.15) is 11.4 Å². The molecule has 1 aliphatic rings. The van der Waals surface area contributed by atoms with E-state index in [1.165, 1.54) is 0 Å². The molecule has 0 aliphatic carbocycles. The van der Waals surface area contributed by atoms with Crippen LogP contribution in [0.1, 0.15) is 12.7 Å². The van der Waals surface area contributed by atoms with Gasteiger partial charge in [-0.05, 0) is 5.75 Å². The molecule has 2 unspecified atom stereocenters. The minimum Gasteiger partial charge on any atom is -0.381 e. The lowest BCUT2D eigenvalue weighted by atomic mass is 9.92. The van der Waals surface area contributed by atoms with Crippen LogP contribution < -0.4 is 0 Å². The van der Waals surface area contributed by atoms with Crippen molar-refractivity contribution in [1.82, 2.24) is 9.55 Å². The molecule has 13 heavy (non-hydrogen) atoms. The Morgan fingerprint density at radius 3 is 3.00 bits per heavy atom. The number of hydrogen-bond acceptors (Lipinski definition) is 3. The molecule has 0 radical (unpaired) electrons. The van der Waals surface area contributed by atoms with Crippen molar-refractivity contribution in [2.45, 2.75) is 12.5 Å². The molecule has 3 nitrogen and oxygen atoms in total. The predicted molar refractivity (Wildman–Crippen MR) is 53.6 cm³/mol. The SMILES string of the molecule is CC1CSCC1(O)c1nccn1C. The van der Waals surface area contributed by atoms with Crippen LogP contribution >= 0.6 is 11.8 Å². The topological polar surface area (TPSA) is 38.1 Å². The Morgan fingerprint density at radius 1 is 1.77 bits per heavy atom. The van der Waals surface area contributed by atoms with Crippen LogP contribution in [0, 0.1) is 5.92 Å². The van der Waals surface area contributed by atoms with Gasteiger partial charge in [-0.1, -0.05) is 6.92 Å². The van der Waals surface area contributed by atoms with Crippen LogP contribution in [0.3, 0.4) is 0 Å². The minimum atomic E-state index is -0.719. The molecule has 4 heteroatoms. The number of thioether (sulfide) groups is 1. The molecule has 72 valence electrons. The maximum Gasteiger partial charge on any atom is 0.141 e. The Labute approximate surface area is 82.2 Å². The molecule has 1 aliphatic heterocycles. The van der Waals surface area contributed by atoms with Gasteiger partial charge in [-0.3, -0.25) is 0 Å². The number of hydrogen-bond donors (Lipinski definition) is 1. The fourth-order valence-electron chi connectivity index (χ4n) is 1.74. The Kier molecular flexibility index (Phi) is 2.12. The van der Waals surface area contributed by atoms with Gasteiger partial charge < -0.3 is 9.67 Å². The summed E-state index contributed by atoms with van der Waals surface area (Å²) in [6, 6.07) is 0. The number of aliphatic hydroxyl groups is 1. The zero-order valence-electron chi connectivity index (χ0n) is 7.90. The van der Waals surface area contributed by atoms with E-state index >= 15 is 0 Å². The molecule has 2 atom stereocenters. The molecule has 0 spiro atoms. The molecule has 2 rings (SSSR count). The second-order valence-corrected chi connectivity index (χ2v) is 4.73. The van der Waals surface area contributed by atoms with E-state index in [4.69, 9.17) is 0 Å². The second kappa shape index (κ2) is 3.03. The quantitative estimate of drug-likeness (QED) is 0.731. The molecular formula is C9H14N2OS. The van der Waals surface area contributed by atoms with Crippen LogP contribution in [-0.4, -0.2) is 26.2 Å². The average Bonchev–Trinajstić information content (AvgIpc) is 2.62. The smallest absolute Gasteiger partial charge is 0.141 e. The van der Waals surface area contributed by atoms with E-state index in [1.807, 2.05) is 17.8 Å². The van der Waals surface area contributed by atoms with Crippen molar-refractivity contribution in [3.8, 4) is 0 Å². The summed E-state index contributed by atoms with van der Waals surface area (Å²) in [5, 5.41) is 10.4. The lowest BCUT2D eigenvalue weighted by Gasteiger charge is -2.25. The van der Waals surface area contributed by atoms with E-state index in [0.29, 0.717) is 5.92 Å². The lowest BCUT2D eigenvalue weighted by molar-refractivity contribution is 0.0121. The number of imidazole rings is 1. The molecule has 0 aromatic carbocycles. The third kappa shape index (κ3) is 1.28. The van der Waals surface area contributed by atoms with Crippen LogP contribution in [0.15, 0.2) is 12.4 Å². The Hall–Kier alpha value is -0.480. The molecule has 0 saturated carbocycles. The maximum absolute atomic E-state index is 10.4. The van der Waals surface area contributed by atoms with Crippen molar-refractivity contribution in [2.24, 2.45) is 13.0 Å². The number of nitrogens with zero attached hydrogens (tertiary/aromatic N) is 2. The molecule has 1 fully saturated rings. The van der Waals surface area contributed by atoms with Crippen LogP contribution in [0.5, 0.6) is 0 Å². The third-order valence-electron chi connectivity index (χ3n) is 2.71. The monoisotopic (exact) mass is 198 g/mol. The molecule has 1 N–H and O–H groups in total. The van der Waals surface area contributed by atoms with Gasteiger partial charge in [0.25, 0.3) is 0 Å². The van der Waals surface area contributed by atoms with Crippen molar-refractivity contribution < 1.29 is 5.11 Å². The third-order valence-corrected chi connectivity index (χ3v) is 4.09. The molecule has 1 aromatic heterocycles. The van der Waals surface area contributed by atoms with Gasteiger partial charge in [0.05, 0.1) is 0 Å². The summed E-state index contributed by atoms with van der Waals surface area (Å²) in [6.07, 6.45) is 3.62. The zero-order valence-corrected chi connectivity index (χ0v) is 8.71. The number of aromatic nitrogens is 2. The number of rotatable bonds is 1. The van der Waals surface area contributed by atoms with Crippen LogP contribution in [-0.2, 0) is 12.6 Å². The van der Waals surface area contributed by atoms with Crippen molar-refractivity contribution in [2.75, 3.05) is 11.5 Å². The van der Waals surface area contributed by atoms with Gasteiger partial charge in [-0.25, -0.2) is 4.98 Å². The summed E-state index contributed by atoms with van der Waals surface area (Å²) in [5.41, 5.74) is -0.719. The van der Waals surface area contributed by atoms with Gasteiger partial charge in [0.15, 0.2) is 0 Å². The summed E-state index contributed by atoms with van der Waals surface area (Å²) in [7, 11) is 1.93. The highest BCUT2D eigenvalue weighted by Gasteiger charge is 2.43. The van der Waals surface area contributed by atoms with Crippen molar-refractivity contribution >= 4 is 11.8 Å². The van der Waals surface area contributed by atoms with E-state index in [9.17, 15) is 5.11 Å². The molecule has 2 heterocycles. The van der Waals surface area contributed by atoms with Gasteiger partial charge in [0, 0.05) is 31.1 Å². The lowest BCUT2D eigenvalue weighted by Crippen LogP contribution is -2.35. The number of aryl methyl sites for hydroxylation is 1. The fraction of sp³-hybridized carbons (Fsp3) is 0.667. The van der Waals surface area contributed by atoms with E-state index in [1.54, 1.807) is 18.0 Å². The highest BCUT2D eigenvalue weighted by molar-refractivity contribution is 7.99. The van der Waals surface area contributed by atoms with E-state index in [-0.39, 0.29) is 0 Å². The molecule has 0 bridgehead atoms. The summed E-state index contributed by atoms with van der Waals surface area (Å²) in [4.78, 5) is 4.22. The highest BCUT2D eigenvalue weighted by Crippen LogP contribution is 2.40. The Bertz CT molecular complexity index is 312. The first-order valence-electron chi connectivity index (χ1n) is 4.42. The first-order valence-corrected chi connectivity index (χ1v) is 5.58. The molecule has 0 amide bonds. The van der Waals surface area contributed by atoms with E-state index in [0.717, 1.165) is 17.3 Å². The first kappa shape index (κ1) is 9.09. The van der Waals surface area contributed by atoms with Gasteiger partial charge in [-0.2, -0.15) is 11.8 Å². The van der Waals surface area contributed by atoms with Crippen LogP contribution in [0.25, 0.3) is 0 Å². The predicted octanol–water partition coefficient (Wildman–Crippen LogP) is 0.991. The van der Waals surface area contributed by atoms with E-state index in [2.05, 4.69) is 11.9 Å². The van der Waals surface area contributed by atoms with Crippen molar-refractivity contribution in [3.05, 3.63) is 18.2 Å². The first-order chi connectivity index (χ1) is 6.14. The van der Waals surface area contributed by atoms with Crippen LogP contribution in [0.2, 0.25) is 0 Å². The van der Waals surface area contributed by atoms with Crippen molar-refractivity contribution in [1.29, 1.82) is 0 Å². The van der Waals surface area contributed by atoms with Gasteiger partial charge in [0.2, 0.25) is 0 Å². The Morgan fingerprint density at radius 2 is 2.54 bits per heavy atom. The summed E-state index contributed by atoms with van der Waals surface area (Å²) < 4.78 is 1.91. The van der Waals surface area contributed by atoms with Crippen LogP contribution in [0.4, 0.5) is 0 Å². The molecule has 1 aromatic rings. The highest BCUT2D eigenvalue weighted by atomic mass is 32.2. The van der Waals surface area contributed by atoms with Crippen molar-refractivity contribution in [3.63, 3.8) is 0 Å². The standard InChI is InChI=1S/C9H14N2OS/c1-7-5-13-6-9(7,12)8-10-3-4-11(8)2/h3-4,7,12H,5-6H2,1-2H3. The molecule has 1 saturated heterocycles. The maximum atomic E-state index is 10.4. The van der Waals surface area contributed by atoms with Gasteiger partial charge in [-0.15, -0.1) is 0 Å². The summed E-state index contributed by atoms with van der Waals surface area (Å²) in [5.74, 6) is 2.87. The summed E-state index contributed by atoms with van der Waals surface area (Å²) in [6.45, 7) is 2.08. The summed E-state index contributed by atoms with van der Waals surface area (Å²) >= 11 is 1.79. The fourth-order valence-corrected chi connectivity index (χ4v) is 3.21. The van der Waals surface area contributed by atoms with E-state index < -0.39 is 5.60 Å². The zero-order chi connectivity index (χ0) is 9.47. The van der Waals surface area contributed by atoms with Gasteiger partial charge >= 0.3 is 0 Å². The molecular weight excluding hydrogens is 184 g/mol.